The van der Waals surface area contributed by atoms with Crippen LogP contribution >= 0.6 is 22.9 Å². The number of thiazole rings is 1. The smallest absolute Gasteiger partial charge is 0.271 e. The van der Waals surface area contributed by atoms with Crippen LogP contribution in [0, 0.1) is 0 Å². The summed E-state index contributed by atoms with van der Waals surface area (Å²) in [6.07, 6.45) is 0. The molecule has 5 nitrogen and oxygen atoms in total. The Kier molecular flexibility index (Phi) is 5.42. The largest absolute Gasteiger partial charge is 0.342 e. The number of hydrogen-bond acceptors (Lipinski definition) is 4. The molecular formula is C18H14ClN3O2S. The zero-order valence-corrected chi connectivity index (χ0v) is 14.6. The molecule has 7 heteroatoms. The first-order valence-corrected chi connectivity index (χ1v) is 8.72. The van der Waals surface area contributed by atoms with Crippen molar-refractivity contribution in [3.05, 3.63) is 70.7 Å². The maximum absolute atomic E-state index is 12.1. The van der Waals surface area contributed by atoms with Gasteiger partial charge in [-0.2, -0.15) is 0 Å². The van der Waals surface area contributed by atoms with Gasteiger partial charge in [0.05, 0.1) is 6.54 Å². The molecule has 1 aromatic heterocycles. The molecule has 0 saturated heterocycles. The van der Waals surface area contributed by atoms with E-state index >= 15 is 0 Å². The minimum absolute atomic E-state index is 0.139. The molecule has 0 aliphatic heterocycles. The SMILES string of the molecule is O=C(CNC(=O)c1csc(-c2ccccc2)n1)Nc1ccc(Cl)cc1. The summed E-state index contributed by atoms with van der Waals surface area (Å²) >= 11 is 7.17. The monoisotopic (exact) mass is 371 g/mol. The van der Waals surface area contributed by atoms with E-state index in [1.165, 1.54) is 11.3 Å². The van der Waals surface area contributed by atoms with Crippen LogP contribution in [0.3, 0.4) is 0 Å². The van der Waals surface area contributed by atoms with E-state index in [1.54, 1.807) is 29.6 Å². The lowest BCUT2D eigenvalue weighted by atomic mass is 10.2. The predicted octanol–water partition coefficient (Wildman–Crippen LogP) is 3.83. The molecule has 2 N–H and O–H groups in total. The van der Waals surface area contributed by atoms with Crippen molar-refractivity contribution in [1.29, 1.82) is 0 Å². The summed E-state index contributed by atoms with van der Waals surface area (Å²) in [6.45, 7) is -0.139. The molecule has 0 radical (unpaired) electrons. The fourth-order valence-electron chi connectivity index (χ4n) is 2.08. The zero-order chi connectivity index (χ0) is 17.6. The van der Waals surface area contributed by atoms with Crippen molar-refractivity contribution in [2.24, 2.45) is 0 Å². The number of rotatable bonds is 5. The molecule has 126 valence electrons. The van der Waals surface area contributed by atoms with Gasteiger partial charge >= 0.3 is 0 Å². The van der Waals surface area contributed by atoms with Crippen LogP contribution in [0.15, 0.2) is 60.0 Å². The topological polar surface area (TPSA) is 71.1 Å². The van der Waals surface area contributed by atoms with E-state index in [4.69, 9.17) is 11.6 Å². The van der Waals surface area contributed by atoms with Gasteiger partial charge in [0.2, 0.25) is 5.91 Å². The first-order valence-electron chi connectivity index (χ1n) is 7.46. The highest BCUT2D eigenvalue weighted by atomic mass is 35.5. The van der Waals surface area contributed by atoms with Gasteiger partial charge in [-0.15, -0.1) is 11.3 Å². The molecule has 0 saturated carbocycles. The molecule has 0 atom stereocenters. The minimum atomic E-state index is -0.385. The molecule has 0 aliphatic rings. The zero-order valence-electron chi connectivity index (χ0n) is 13.0. The molecule has 0 spiro atoms. The van der Waals surface area contributed by atoms with Crippen LogP contribution in [-0.2, 0) is 4.79 Å². The minimum Gasteiger partial charge on any atom is -0.342 e. The van der Waals surface area contributed by atoms with Crippen LogP contribution in [0.5, 0.6) is 0 Å². The van der Waals surface area contributed by atoms with Crippen molar-refractivity contribution in [3.8, 4) is 10.6 Å². The summed E-state index contributed by atoms with van der Waals surface area (Å²) < 4.78 is 0. The molecule has 3 aromatic rings. The predicted molar refractivity (Wildman–Crippen MR) is 100.0 cm³/mol. The fraction of sp³-hybridized carbons (Fsp3) is 0.0556. The van der Waals surface area contributed by atoms with E-state index < -0.39 is 0 Å². The third-order valence-corrected chi connectivity index (χ3v) is 4.44. The number of benzene rings is 2. The summed E-state index contributed by atoms with van der Waals surface area (Å²) in [5, 5.41) is 8.26. The fourth-order valence-corrected chi connectivity index (χ4v) is 3.01. The van der Waals surface area contributed by atoms with Crippen LogP contribution < -0.4 is 10.6 Å². The number of aromatic nitrogens is 1. The van der Waals surface area contributed by atoms with E-state index in [1.807, 2.05) is 30.3 Å². The van der Waals surface area contributed by atoms with Crippen molar-refractivity contribution >= 4 is 40.4 Å². The summed E-state index contributed by atoms with van der Waals surface area (Å²) in [4.78, 5) is 28.3. The van der Waals surface area contributed by atoms with Crippen LogP contribution in [-0.4, -0.2) is 23.3 Å². The van der Waals surface area contributed by atoms with E-state index in [0.717, 1.165) is 10.6 Å². The van der Waals surface area contributed by atoms with Gasteiger partial charge in [0, 0.05) is 21.7 Å². The van der Waals surface area contributed by atoms with E-state index in [9.17, 15) is 9.59 Å². The number of carbonyl (C=O) groups is 2. The van der Waals surface area contributed by atoms with Gasteiger partial charge in [0.15, 0.2) is 0 Å². The standard InChI is InChI=1S/C18H14ClN3O2S/c19-13-6-8-14(9-7-13)21-16(23)10-20-17(24)15-11-25-18(22-15)12-4-2-1-3-5-12/h1-9,11H,10H2,(H,20,24)(H,21,23). The lowest BCUT2D eigenvalue weighted by molar-refractivity contribution is -0.115. The van der Waals surface area contributed by atoms with Gasteiger partial charge in [-0.05, 0) is 24.3 Å². The number of hydrogen-bond donors (Lipinski definition) is 2. The Bertz CT molecular complexity index is 879. The van der Waals surface area contributed by atoms with Gasteiger partial charge in [0.25, 0.3) is 5.91 Å². The van der Waals surface area contributed by atoms with Crippen LogP contribution in [0.2, 0.25) is 5.02 Å². The summed E-state index contributed by atoms with van der Waals surface area (Å²) in [5.74, 6) is -0.709. The van der Waals surface area contributed by atoms with Crippen LogP contribution in [0.1, 0.15) is 10.5 Å². The number of nitrogens with zero attached hydrogens (tertiary/aromatic N) is 1. The second kappa shape index (κ2) is 7.92. The Morgan fingerprint density at radius 2 is 1.76 bits per heavy atom. The maximum Gasteiger partial charge on any atom is 0.271 e. The number of halogens is 1. The lowest BCUT2D eigenvalue weighted by Gasteiger charge is -2.06. The third kappa shape index (κ3) is 4.65. The molecule has 0 fully saturated rings. The second-order valence-corrected chi connectivity index (χ2v) is 6.44. The van der Waals surface area contributed by atoms with Gasteiger partial charge < -0.3 is 10.6 Å². The van der Waals surface area contributed by atoms with E-state index in [-0.39, 0.29) is 18.4 Å². The van der Waals surface area contributed by atoms with Crippen molar-refractivity contribution < 1.29 is 9.59 Å². The Hall–Kier alpha value is -2.70. The molecule has 2 aromatic carbocycles. The van der Waals surface area contributed by atoms with Crippen molar-refractivity contribution in [2.75, 3.05) is 11.9 Å². The molecule has 3 rings (SSSR count). The normalized spacial score (nSPS) is 10.3. The van der Waals surface area contributed by atoms with Crippen molar-refractivity contribution in [1.82, 2.24) is 10.3 Å². The first-order chi connectivity index (χ1) is 12.1. The Morgan fingerprint density at radius 1 is 1.04 bits per heavy atom. The van der Waals surface area contributed by atoms with Crippen molar-refractivity contribution in [3.63, 3.8) is 0 Å². The molecule has 25 heavy (non-hydrogen) atoms. The molecule has 1 heterocycles. The quantitative estimate of drug-likeness (QED) is 0.716. The molecule has 2 amide bonds. The van der Waals surface area contributed by atoms with Crippen LogP contribution in [0.4, 0.5) is 5.69 Å². The van der Waals surface area contributed by atoms with Gasteiger partial charge in [-0.25, -0.2) is 4.98 Å². The number of carbonyl (C=O) groups excluding carboxylic acids is 2. The molecule has 0 unspecified atom stereocenters. The van der Waals surface area contributed by atoms with Crippen LogP contribution in [0.25, 0.3) is 10.6 Å². The second-order valence-electron chi connectivity index (χ2n) is 5.14. The molecule has 0 aliphatic carbocycles. The van der Waals surface area contributed by atoms with Gasteiger partial charge in [-0.3, -0.25) is 9.59 Å². The van der Waals surface area contributed by atoms with Gasteiger partial charge in [0.1, 0.15) is 10.7 Å². The third-order valence-electron chi connectivity index (χ3n) is 3.30. The van der Waals surface area contributed by atoms with E-state index in [0.29, 0.717) is 16.4 Å². The highest BCUT2D eigenvalue weighted by molar-refractivity contribution is 7.13. The van der Waals surface area contributed by atoms with Gasteiger partial charge in [-0.1, -0.05) is 41.9 Å². The first kappa shape index (κ1) is 17.1. The Morgan fingerprint density at radius 3 is 2.48 bits per heavy atom. The lowest BCUT2D eigenvalue weighted by Crippen LogP contribution is -2.33. The molecular weight excluding hydrogens is 358 g/mol. The van der Waals surface area contributed by atoms with E-state index in [2.05, 4.69) is 15.6 Å². The highest BCUT2D eigenvalue weighted by Crippen LogP contribution is 2.23. The maximum atomic E-state index is 12.1. The average Bonchev–Trinajstić information content (AvgIpc) is 3.13. The number of anilines is 1. The Balaban J connectivity index is 1.55. The average molecular weight is 372 g/mol. The summed E-state index contributed by atoms with van der Waals surface area (Å²) in [7, 11) is 0. The summed E-state index contributed by atoms with van der Waals surface area (Å²) in [6, 6.07) is 16.3. The number of nitrogens with one attached hydrogen (secondary N) is 2. The number of amides is 2. The molecule has 0 bridgehead atoms. The summed E-state index contributed by atoms with van der Waals surface area (Å²) in [5.41, 5.74) is 1.86. The highest BCUT2D eigenvalue weighted by Gasteiger charge is 2.13. The Labute approximate surface area is 153 Å². The van der Waals surface area contributed by atoms with Crippen molar-refractivity contribution in [2.45, 2.75) is 0 Å².